The summed E-state index contributed by atoms with van der Waals surface area (Å²) < 4.78 is 0. The molecule has 0 aliphatic carbocycles. The van der Waals surface area contributed by atoms with Crippen molar-refractivity contribution in [3.8, 4) is 0 Å². The normalized spacial score (nSPS) is 14.0. The lowest BCUT2D eigenvalue weighted by Gasteiger charge is -2.30. The van der Waals surface area contributed by atoms with Gasteiger partial charge in [0.2, 0.25) is 0 Å². The molecule has 2 aromatic heterocycles. The third kappa shape index (κ3) is 5.24. The Labute approximate surface area is 178 Å². The predicted octanol–water partition coefficient (Wildman–Crippen LogP) is 7.06. The van der Waals surface area contributed by atoms with Gasteiger partial charge in [0.25, 0.3) is 0 Å². The van der Waals surface area contributed by atoms with Crippen molar-refractivity contribution in [2.24, 2.45) is 0 Å². The second-order valence-electron chi connectivity index (χ2n) is 11.2. The average molecular weight is 396 g/mol. The van der Waals surface area contributed by atoms with Crippen molar-refractivity contribution >= 4 is 0 Å². The molecule has 1 unspecified atom stereocenters. The molecule has 0 spiro atoms. The van der Waals surface area contributed by atoms with Gasteiger partial charge in [-0.25, -0.2) is 9.97 Å². The minimum Gasteiger partial charge on any atom is -0.261 e. The van der Waals surface area contributed by atoms with E-state index in [1.54, 1.807) is 6.33 Å². The SMILES string of the molecule is CC(C)c1nccc(CC(C)c2ncnc(C(C)C)c2C(C)(C)C)c1C(C)(C)C. The highest BCUT2D eigenvalue weighted by atomic mass is 14.9. The molecular formula is C26H41N3. The molecule has 0 saturated carbocycles. The number of hydrogen-bond acceptors (Lipinski definition) is 3. The van der Waals surface area contributed by atoms with Gasteiger partial charge in [0.05, 0.1) is 11.4 Å². The van der Waals surface area contributed by atoms with Crippen LogP contribution in [0, 0.1) is 0 Å². The summed E-state index contributed by atoms with van der Waals surface area (Å²) in [5, 5.41) is 0. The Bertz CT molecular complexity index is 836. The maximum atomic E-state index is 4.81. The molecule has 0 aliphatic rings. The summed E-state index contributed by atoms with van der Waals surface area (Å²) in [6.45, 7) is 25.0. The standard InChI is InChI=1S/C26H41N3/c1-16(2)22-20(25(6,7)8)19(12-13-27-22)14-18(5)24-21(26(9,10)11)23(17(3)4)28-15-29-24/h12-13,15-18H,14H2,1-11H3. The van der Waals surface area contributed by atoms with Gasteiger partial charge in [0.1, 0.15) is 6.33 Å². The third-order valence-corrected chi connectivity index (χ3v) is 5.56. The summed E-state index contributed by atoms with van der Waals surface area (Å²) >= 11 is 0. The molecule has 2 aromatic rings. The lowest BCUT2D eigenvalue weighted by atomic mass is 9.76. The van der Waals surface area contributed by atoms with Crippen LogP contribution in [0.4, 0.5) is 0 Å². The number of pyridine rings is 1. The van der Waals surface area contributed by atoms with Crippen LogP contribution in [0.3, 0.4) is 0 Å². The quantitative estimate of drug-likeness (QED) is 0.544. The Balaban J connectivity index is 2.59. The maximum absolute atomic E-state index is 4.81. The van der Waals surface area contributed by atoms with Crippen LogP contribution in [0.1, 0.15) is 128 Å². The Morgan fingerprint density at radius 2 is 1.17 bits per heavy atom. The molecule has 2 rings (SSSR count). The molecule has 0 N–H and O–H groups in total. The largest absolute Gasteiger partial charge is 0.261 e. The van der Waals surface area contributed by atoms with E-state index in [4.69, 9.17) is 9.97 Å². The van der Waals surface area contributed by atoms with E-state index in [2.05, 4.69) is 87.2 Å². The van der Waals surface area contributed by atoms with E-state index in [-0.39, 0.29) is 10.8 Å². The van der Waals surface area contributed by atoms with Crippen molar-refractivity contribution in [3.05, 3.63) is 52.4 Å². The van der Waals surface area contributed by atoms with Crippen molar-refractivity contribution in [1.82, 2.24) is 15.0 Å². The zero-order chi connectivity index (χ0) is 22.1. The van der Waals surface area contributed by atoms with E-state index < -0.39 is 0 Å². The van der Waals surface area contributed by atoms with Gasteiger partial charge >= 0.3 is 0 Å². The molecule has 29 heavy (non-hydrogen) atoms. The molecule has 3 heteroatoms. The molecule has 3 nitrogen and oxygen atoms in total. The zero-order valence-electron chi connectivity index (χ0n) is 20.5. The zero-order valence-corrected chi connectivity index (χ0v) is 20.5. The monoisotopic (exact) mass is 395 g/mol. The van der Waals surface area contributed by atoms with Gasteiger partial charge in [-0.1, -0.05) is 76.2 Å². The van der Waals surface area contributed by atoms with Crippen LogP contribution >= 0.6 is 0 Å². The summed E-state index contributed by atoms with van der Waals surface area (Å²) in [6, 6.07) is 2.21. The highest BCUT2D eigenvalue weighted by Crippen LogP contribution is 2.38. The molecule has 0 saturated heterocycles. The Morgan fingerprint density at radius 1 is 0.690 bits per heavy atom. The molecular weight excluding hydrogens is 354 g/mol. The van der Waals surface area contributed by atoms with E-state index in [1.165, 1.54) is 33.8 Å². The molecule has 1 atom stereocenters. The fourth-order valence-electron chi connectivity index (χ4n) is 4.41. The molecule has 0 amide bonds. The van der Waals surface area contributed by atoms with Crippen LogP contribution in [-0.4, -0.2) is 15.0 Å². The summed E-state index contributed by atoms with van der Waals surface area (Å²) in [7, 11) is 0. The van der Waals surface area contributed by atoms with Crippen molar-refractivity contribution < 1.29 is 0 Å². The van der Waals surface area contributed by atoms with Crippen molar-refractivity contribution in [1.29, 1.82) is 0 Å². The molecule has 0 fully saturated rings. The second kappa shape index (κ2) is 8.53. The van der Waals surface area contributed by atoms with Gasteiger partial charge in [-0.05, 0) is 46.3 Å². The van der Waals surface area contributed by atoms with Crippen molar-refractivity contribution in [3.63, 3.8) is 0 Å². The molecule has 0 aromatic carbocycles. The van der Waals surface area contributed by atoms with E-state index in [0.29, 0.717) is 17.8 Å². The minimum absolute atomic E-state index is 0.0125. The van der Waals surface area contributed by atoms with Gasteiger partial charge in [-0.15, -0.1) is 0 Å². The highest BCUT2D eigenvalue weighted by molar-refractivity contribution is 5.40. The van der Waals surface area contributed by atoms with Crippen LogP contribution in [-0.2, 0) is 17.3 Å². The maximum Gasteiger partial charge on any atom is 0.115 e. The van der Waals surface area contributed by atoms with Gasteiger partial charge in [0.15, 0.2) is 0 Å². The summed E-state index contributed by atoms with van der Waals surface area (Å²) in [5.41, 5.74) is 7.79. The Hall–Kier alpha value is -1.77. The number of hydrogen-bond donors (Lipinski definition) is 0. The molecule has 2 heterocycles. The van der Waals surface area contributed by atoms with Gasteiger partial charge in [-0.2, -0.15) is 0 Å². The number of aromatic nitrogens is 3. The lowest BCUT2D eigenvalue weighted by Crippen LogP contribution is -2.23. The van der Waals surface area contributed by atoms with Gasteiger partial charge in [-0.3, -0.25) is 4.98 Å². The first-order chi connectivity index (χ1) is 13.2. The predicted molar refractivity (Wildman–Crippen MR) is 124 cm³/mol. The van der Waals surface area contributed by atoms with Crippen molar-refractivity contribution in [2.75, 3.05) is 0 Å². The van der Waals surface area contributed by atoms with Crippen LogP contribution in [0.25, 0.3) is 0 Å². The average Bonchev–Trinajstić information content (AvgIpc) is 2.58. The highest BCUT2D eigenvalue weighted by Gasteiger charge is 2.29. The van der Waals surface area contributed by atoms with E-state index in [9.17, 15) is 0 Å². The van der Waals surface area contributed by atoms with E-state index in [0.717, 1.165) is 6.42 Å². The Kier molecular flexibility index (Phi) is 6.92. The summed E-state index contributed by atoms with van der Waals surface area (Å²) in [5.74, 6) is 1.11. The fraction of sp³-hybridized carbons (Fsp3) is 0.654. The van der Waals surface area contributed by atoms with Crippen molar-refractivity contribution in [2.45, 2.75) is 111 Å². The first kappa shape index (κ1) is 23.5. The summed E-state index contributed by atoms with van der Waals surface area (Å²) in [6.07, 6.45) is 4.70. The molecule has 0 aliphatic heterocycles. The lowest BCUT2D eigenvalue weighted by molar-refractivity contribution is 0.535. The van der Waals surface area contributed by atoms with Crippen LogP contribution in [0.2, 0.25) is 0 Å². The van der Waals surface area contributed by atoms with Gasteiger partial charge in [0, 0.05) is 23.4 Å². The molecule has 0 radical (unpaired) electrons. The number of nitrogens with zero attached hydrogens (tertiary/aromatic N) is 3. The van der Waals surface area contributed by atoms with E-state index in [1.807, 2.05) is 6.20 Å². The molecule has 0 bridgehead atoms. The van der Waals surface area contributed by atoms with Crippen LogP contribution in [0.15, 0.2) is 18.6 Å². The van der Waals surface area contributed by atoms with Crippen LogP contribution < -0.4 is 0 Å². The second-order valence-corrected chi connectivity index (χ2v) is 11.2. The topological polar surface area (TPSA) is 38.7 Å². The third-order valence-electron chi connectivity index (χ3n) is 5.56. The summed E-state index contributed by atoms with van der Waals surface area (Å²) in [4.78, 5) is 14.2. The number of rotatable bonds is 5. The van der Waals surface area contributed by atoms with Gasteiger partial charge < -0.3 is 0 Å². The fourth-order valence-corrected chi connectivity index (χ4v) is 4.41. The Morgan fingerprint density at radius 3 is 1.66 bits per heavy atom. The molecule has 160 valence electrons. The van der Waals surface area contributed by atoms with E-state index >= 15 is 0 Å². The van der Waals surface area contributed by atoms with Crippen LogP contribution in [0.5, 0.6) is 0 Å². The smallest absolute Gasteiger partial charge is 0.115 e. The first-order valence-electron chi connectivity index (χ1n) is 11.1. The minimum atomic E-state index is 0.0125. The first-order valence-corrected chi connectivity index (χ1v) is 11.1.